The van der Waals surface area contributed by atoms with Crippen molar-refractivity contribution in [1.29, 1.82) is 0 Å². The van der Waals surface area contributed by atoms with E-state index < -0.39 is 5.97 Å². The Morgan fingerprint density at radius 1 is 1.27 bits per heavy atom. The van der Waals surface area contributed by atoms with E-state index >= 15 is 0 Å². The first-order valence-corrected chi connectivity index (χ1v) is 8.70. The van der Waals surface area contributed by atoms with Gasteiger partial charge >= 0.3 is 12.0 Å². The molecule has 0 aromatic heterocycles. The summed E-state index contributed by atoms with van der Waals surface area (Å²) in [6, 6.07) is 3.07. The number of benzene rings is 1. The summed E-state index contributed by atoms with van der Waals surface area (Å²) in [4.78, 5) is 24.9. The number of rotatable bonds is 8. The minimum absolute atomic E-state index is 0.0129. The van der Waals surface area contributed by atoms with Crippen molar-refractivity contribution in [3.63, 3.8) is 0 Å². The number of carbonyl (C=O) groups excluding carboxylic acids is 1. The zero-order valence-corrected chi connectivity index (χ0v) is 15.8. The Morgan fingerprint density at radius 2 is 1.85 bits per heavy atom. The lowest BCUT2D eigenvalue weighted by Gasteiger charge is -2.42. The maximum Gasteiger partial charge on any atom is 0.319 e. The largest absolute Gasteiger partial charge is 0.495 e. The topological polar surface area (TPSA) is 100 Å². The van der Waals surface area contributed by atoms with Crippen molar-refractivity contribution in [3.8, 4) is 11.5 Å². The Labute approximate surface area is 157 Å². The van der Waals surface area contributed by atoms with Crippen LogP contribution in [-0.2, 0) is 4.79 Å². The normalized spacial score (nSPS) is 18.8. The zero-order valence-electron chi connectivity index (χ0n) is 15.0. The van der Waals surface area contributed by atoms with Gasteiger partial charge in [0.05, 0.1) is 20.8 Å². The number of amides is 2. The van der Waals surface area contributed by atoms with E-state index in [0.717, 1.165) is 12.8 Å². The number of likely N-dealkylation sites (N-methyl/N-ethyl adjacent to an activating group) is 1. The fraction of sp³-hybridized carbons (Fsp3) is 0.529. The molecule has 1 aromatic carbocycles. The van der Waals surface area contributed by atoms with Crippen molar-refractivity contribution in [1.82, 2.24) is 10.2 Å². The molecule has 2 rings (SSSR count). The number of nitrogens with one attached hydrogen (secondary N) is 2. The number of anilines is 1. The van der Waals surface area contributed by atoms with Crippen LogP contribution in [0.1, 0.15) is 19.8 Å². The lowest BCUT2D eigenvalue weighted by atomic mass is 9.85. The van der Waals surface area contributed by atoms with Gasteiger partial charge in [-0.1, -0.05) is 18.5 Å². The highest BCUT2D eigenvalue weighted by molar-refractivity contribution is 6.33. The van der Waals surface area contributed by atoms with Gasteiger partial charge in [0.2, 0.25) is 0 Å². The molecule has 0 saturated heterocycles. The number of nitrogens with zero attached hydrogens (tertiary/aromatic N) is 1. The number of carboxylic acid groups (broad SMARTS) is 1. The monoisotopic (exact) mass is 385 g/mol. The van der Waals surface area contributed by atoms with Crippen LogP contribution in [0.2, 0.25) is 5.02 Å². The maximum absolute atomic E-state index is 12.2. The summed E-state index contributed by atoms with van der Waals surface area (Å²) in [6.45, 7) is 2.61. The molecule has 1 aliphatic rings. The van der Waals surface area contributed by atoms with Gasteiger partial charge in [-0.05, 0) is 19.4 Å². The van der Waals surface area contributed by atoms with Gasteiger partial charge < -0.3 is 25.2 Å². The third-order valence-corrected chi connectivity index (χ3v) is 4.79. The summed E-state index contributed by atoms with van der Waals surface area (Å²) >= 11 is 6.10. The average Bonchev–Trinajstić information content (AvgIpc) is 2.57. The minimum atomic E-state index is -0.841. The second kappa shape index (κ2) is 8.95. The lowest BCUT2D eigenvalue weighted by molar-refractivity contribution is -0.139. The molecule has 1 aromatic rings. The molecule has 3 N–H and O–H groups in total. The molecule has 144 valence electrons. The standard InChI is InChI=1S/C17H24ClN3O5/c1-4-21(9-15(22)23)12-5-10(6-12)19-17(24)20-11-7-13(25-2)16(18)14(8-11)26-3/h7-8,10,12H,4-6,9H2,1-3H3,(H,22,23)(H2,19,20,24). The van der Waals surface area contributed by atoms with Crippen molar-refractivity contribution in [2.45, 2.75) is 31.8 Å². The van der Waals surface area contributed by atoms with Crippen LogP contribution in [0.4, 0.5) is 10.5 Å². The quantitative estimate of drug-likeness (QED) is 0.635. The van der Waals surface area contributed by atoms with Crippen molar-refractivity contribution >= 4 is 29.3 Å². The summed E-state index contributed by atoms with van der Waals surface area (Å²) in [5.41, 5.74) is 0.498. The summed E-state index contributed by atoms with van der Waals surface area (Å²) in [7, 11) is 2.96. The predicted octanol–water partition coefficient (Wildman–Crippen LogP) is 2.42. The molecule has 0 atom stereocenters. The van der Waals surface area contributed by atoms with Gasteiger partial charge in [0.1, 0.15) is 16.5 Å². The van der Waals surface area contributed by atoms with E-state index in [1.54, 1.807) is 12.1 Å². The number of ether oxygens (including phenoxy) is 2. The predicted molar refractivity (Wildman–Crippen MR) is 98.4 cm³/mol. The van der Waals surface area contributed by atoms with Crippen LogP contribution in [0.3, 0.4) is 0 Å². The number of hydrogen-bond acceptors (Lipinski definition) is 5. The van der Waals surface area contributed by atoms with Gasteiger partial charge in [-0.3, -0.25) is 9.69 Å². The molecule has 0 radical (unpaired) electrons. The van der Waals surface area contributed by atoms with E-state index in [1.165, 1.54) is 14.2 Å². The smallest absolute Gasteiger partial charge is 0.319 e. The number of hydrogen-bond donors (Lipinski definition) is 3. The molecule has 1 saturated carbocycles. The van der Waals surface area contributed by atoms with Crippen LogP contribution >= 0.6 is 11.6 Å². The number of carbonyl (C=O) groups is 2. The molecule has 0 heterocycles. The van der Waals surface area contributed by atoms with Gasteiger partial charge in [0, 0.05) is 29.9 Å². The molecule has 26 heavy (non-hydrogen) atoms. The number of urea groups is 1. The Kier molecular flexibility index (Phi) is 6.93. The Balaban J connectivity index is 1.88. The first-order chi connectivity index (χ1) is 12.4. The Bertz CT molecular complexity index is 639. The van der Waals surface area contributed by atoms with Gasteiger partial charge in [-0.2, -0.15) is 0 Å². The van der Waals surface area contributed by atoms with E-state index in [2.05, 4.69) is 10.6 Å². The second-order valence-corrected chi connectivity index (χ2v) is 6.45. The molecule has 1 aliphatic carbocycles. The van der Waals surface area contributed by atoms with E-state index in [0.29, 0.717) is 28.8 Å². The average molecular weight is 386 g/mol. The van der Waals surface area contributed by atoms with Gasteiger partial charge in [-0.25, -0.2) is 4.79 Å². The number of halogens is 1. The van der Waals surface area contributed by atoms with Gasteiger partial charge in [-0.15, -0.1) is 0 Å². The third-order valence-electron chi connectivity index (χ3n) is 4.41. The molecule has 0 aliphatic heterocycles. The highest BCUT2D eigenvalue weighted by atomic mass is 35.5. The van der Waals surface area contributed by atoms with Gasteiger partial charge in [0.15, 0.2) is 0 Å². The van der Waals surface area contributed by atoms with Crippen LogP contribution in [0.25, 0.3) is 0 Å². The summed E-state index contributed by atoms with van der Waals surface area (Å²) in [6.07, 6.45) is 1.45. The van der Waals surface area contributed by atoms with E-state index in [4.69, 9.17) is 26.2 Å². The summed E-state index contributed by atoms with van der Waals surface area (Å²) < 4.78 is 10.3. The van der Waals surface area contributed by atoms with E-state index in [9.17, 15) is 9.59 Å². The van der Waals surface area contributed by atoms with Gasteiger partial charge in [0.25, 0.3) is 0 Å². The zero-order chi connectivity index (χ0) is 19.3. The van der Waals surface area contributed by atoms with Crippen molar-refractivity contribution < 1.29 is 24.2 Å². The summed E-state index contributed by atoms with van der Waals surface area (Å²) in [5.74, 6) is -0.0406. The molecule has 0 spiro atoms. The Morgan fingerprint density at radius 3 is 2.31 bits per heavy atom. The first-order valence-electron chi connectivity index (χ1n) is 8.32. The first kappa shape index (κ1) is 20.1. The molecule has 0 unspecified atom stereocenters. The molecular weight excluding hydrogens is 362 g/mol. The minimum Gasteiger partial charge on any atom is -0.495 e. The van der Waals surface area contributed by atoms with Crippen molar-refractivity contribution in [2.24, 2.45) is 0 Å². The SMILES string of the molecule is CCN(CC(=O)O)C1CC(NC(=O)Nc2cc(OC)c(Cl)c(OC)c2)C1. The van der Waals surface area contributed by atoms with Crippen LogP contribution in [0.5, 0.6) is 11.5 Å². The molecule has 1 fully saturated rings. The van der Waals surface area contributed by atoms with Crippen LogP contribution in [0.15, 0.2) is 12.1 Å². The number of methoxy groups -OCH3 is 2. The fourth-order valence-corrected chi connectivity index (χ4v) is 3.23. The second-order valence-electron chi connectivity index (χ2n) is 6.07. The third kappa shape index (κ3) is 4.92. The van der Waals surface area contributed by atoms with Crippen LogP contribution < -0.4 is 20.1 Å². The molecule has 0 bridgehead atoms. The maximum atomic E-state index is 12.2. The number of aliphatic carboxylic acids is 1. The Hall–Kier alpha value is -2.19. The van der Waals surface area contributed by atoms with Crippen molar-refractivity contribution in [3.05, 3.63) is 17.2 Å². The van der Waals surface area contributed by atoms with E-state index in [-0.39, 0.29) is 24.7 Å². The number of carboxylic acids is 1. The fourth-order valence-electron chi connectivity index (χ4n) is 2.97. The molecular formula is C17H24ClN3O5. The van der Waals surface area contributed by atoms with Crippen LogP contribution in [-0.4, -0.2) is 61.4 Å². The van der Waals surface area contributed by atoms with E-state index in [1.807, 2.05) is 11.8 Å². The molecule has 2 amide bonds. The lowest BCUT2D eigenvalue weighted by Crippen LogP contribution is -2.55. The molecule has 9 heteroatoms. The molecule has 8 nitrogen and oxygen atoms in total. The van der Waals surface area contributed by atoms with Crippen LogP contribution in [0, 0.1) is 0 Å². The highest BCUT2D eigenvalue weighted by Gasteiger charge is 2.34. The van der Waals surface area contributed by atoms with Crippen molar-refractivity contribution in [2.75, 3.05) is 32.6 Å². The highest BCUT2D eigenvalue weighted by Crippen LogP contribution is 2.37. The summed E-state index contributed by atoms with van der Waals surface area (Å²) in [5, 5.41) is 14.9.